The van der Waals surface area contributed by atoms with Crippen LogP contribution in [0.15, 0.2) is 0 Å². The number of hydrogen-bond donors (Lipinski definition) is 0. The molecule has 0 aliphatic rings. The van der Waals surface area contributed by atoms with Gasteiger partial charge in [0.25, 0.3) is 0 Å². The Kier molecular flexibility index (Phi) is 77.4. The van der Waals surface area contributed by atoms with Gasteiger partial charge in [0, 0.05) is 0 Å². The quantitative estimate of drug-likeness (QED) is 0.381. The molecular formula is H6OSi2Sn. The zero-order chi connectivity index (χ0) is 4.00. The first-order valence-electron chi connectivity index (χ1n) is 1.20. The molecule has 0 aliphatic heterocycles. The van der Waals surface area contributed by atoms with Crippen molar-refractivity contribution in [1.82, 2.24) is 0 Å². The van der Waals surface area contributed by atoms with Crippen molar-refractivity contribution in [2.24, 2.45) is 0 Å². The minimum absolute atomic E-state index is 0.300. The molecule has 0 heterocycles. The first kappa shape index (κ1) is 8.90. The summed E-state index contributed by atoms with van der Waals surface area (Å²) in [5, 5.41) is 0. The van der Waals surface area contributed by atoms with E-state index in [1.165, 1.54) is 19.5 Å². The molecule has 0 spiro atoms. The third-order valence-electron chi connectivity index (χ3n) is 0. The van der Waals surface area contributed by atoms with Crippen LogP contribution >= 0.6 is 0 Å². The van der Waals surface area contributed by atoms with Crippen molar-refractivity contribution >= 4 is 42.0 Å². The molecule has 2 radical (unpaired) electrons. The zero-order valence-corrected chi connectivity index (χ0v) is 9.76. The molecule has 0 saturated heterocycles. The van der Waals surface area contributed by atoms with E-state index in [0.717, 1.165) is 0 Å². The minimum Gasteiger partial charge on any atom is -0.0125 e. The van der Waals surface area contributed by atoms with Crippen molar-refractivity contribution in [3.05, 3.63) is 0 Å². The van der Waals surface area contributed by atoms with E-state index >= 15 is 0 Å². The van der Waals surface area contributed by atoms with E-state index in [9.17, 15) is 0 Å². The van der Waals surface area contributed by atoms with E-state index < -0.39 is 0 Å². The molecule has 1 nitrogen and oxygen atoms in total. The SMILES string of the molecule is [O]=[Sn].[SiH3][SiH3]. The van der Waals surface area contributed by atoms with Gasteiger partial charge in [-0.3, -0.25) is 0 Å². The summed E-state index contributed by atoms with van der Waals surface area (Å²) in [5.41, 5.74) is 0. The van der Waals surface area contributed by atoms with Crippen molar-refractivity contribution in [3.63, 3.8) is 0 Å². The van der Waals surface area contributed by atoms with Gasteiger partial charge in [0.2, 0.25) is 0 Å². The standard InChI is InChI=1S/O.H6Si2.Sn/c;1-2;/h;1-2H3;. The van der Waals surface area contributed by atoms with Gasteiger partial charge in [0.15, 0.2) is 0 Å². The minimum atomic E-state index is 0.300. The molecule has 0 rings (SSSR count). The smallest absolute Gasteiger partial charge is 0.0125 e. The van der Waals surface area contributed by atoms with Gasteiger partial charge in [-0.05, 0) is 19.5 Å². The fraction of sp³-hybridized carbons (Fsp3) is 0. The molecule has 24 valence electrons. The number of hydrogen-bond acceptors (Lipinski definition) is 1. The molecule has 0 bridgehead atoms. The van der Waals surface area contributed by atoms with Gasteiger partial charge in [-0.15, -0.1) is 0 Å². The van der Waals surface area contributed by atoms with Crippen molar-refractivity contribution in [2.75, 3.05) is 0 Å². The monoisotopic (exact) mass is 198 g/mol. The van der Waals surface area contributed by atoms with E-state index in [0.29, 0.717) is 22.5 Å². The molecule has 4 heavy (non-hydrogen) atoms. The molecule has 0 fully saturated rings. The van der Waals surface area contributed by atoms with Crippen LogP contribution in [-0.2, 0) is 3.08 Å². The molecule has 0 aliphatic carbocycles. The van der Waals surface area contributed by atoms with E-state index in [1.54, 1.807) is 0 Å². The maximum Gasteiger partial charge on any atom is -0.0125 e. The molecular weight excluding hydrogens is 191 g/mol. The molecule has 0 atom stereocenters. The third kappa shape index (κ3) is 11.8. The van der Waals surface area contributed by atoms with Crippen molar-refractivity contribution in [1.29, 1.82) is 0 Å². The predicted octanol–water partition coefficient (Wildman–Crippen LogP) is -2.87. The third-order valence-corrected chi connectivity index (χ3v) is 0. The Balaban J connectivity index is 0. The van der Waals surface area contributed by atoms with Crippen LogP contribution in [0.3, 0.4) is 0 Å². The number of rotatable bonds is 0. The average molecular weight is 197 g/mol. The predicted molar refractivity (Wildman–Crippen MR) is 26.3 cm³/mol. The summed E-state index contributed by atoms with van der Waals surface area (Å²) >= 11 is 0.300. The van der Waals surface area contributed by atoms with Crippen LogP contribution in [0.5, 0.6) is 0 Å². The second-order valence-electron chi connectivity index (χ2n) is 0. The van der Waals surface area contributed by atoms with Crippen LogP contribution in [-0.4, -0.2) is 42.0 Å². The molecule has 0 amide bonds. The Morgan fingerprint density at radius 2 is 1.25 bits per heavy atom. The van der Waals surface area contributed by atoms with Crippen molar-refractivity contribution in [2.45, 2.75) is 0 Å². The molecule has 0 N–H and O–H groups in total. The normalized spacial score (nSPS) is 4.00. The summed E-state index contributed by atoms with van der Waals surface area (Å²) in [6.45, 7) is 0. The van der Waals surface area contributed by atoms with E-state index in [1.807, 2.05) is 0 Å². The Hall–Kier alpha value is 1.03. The molecule has 0 aromatic carbocycles. The van der Waals surface area contributed by atoms with Gasteiger partial charge in [-0.25, -0.2) is 0 Å². The molecule has 0 unspecified atom stereocenters. The Labute approximate surface area is 45.3 Å². The topological polar surface area (TPSA) is 17.1 Å². The van der Waals surface area contributed by atoms with Crippen LogP contribution in [0.2, 0.25) is 0 Å². The summed E-state index contributed by atoms with van der Waals surface area (Å²) in [6, 6.07) is 0. The van der Waals surface area contributed by atoms with Gasteiger partial charge in [-0.1, -0.05) is 0 Å². The summed E-state index contributed by atoms with van der Waals surface area (Å²) in [7, 11) is 2.89. The van der Waals surface area contributed by atoms with E-state index in [4.69, 9.17) is 3.08 Å². The maximum atomic E-state index is 8.34. The molecule has 4 heteroatoms. The Bertz CT molecular complexity index is 6.00. The molecule has 0 saturated carbocycles. The Morgan fingerprint density at radius 1 is 1.25 bits per heavy atom. The Morgan fingerprint density at radius 3 is 1.25 bits per heavy atom. The fourth-order valence-corrected chi connectivity index (χ4v) is 0. The fourth-order valence-electron chi connectivity index (χ4n) is 0. The summed E-state index contributed by atoms with van der Waals surface area (Å²) < 4.78 is 8.34. The first-order valence-corrected chi connectivity index (χ1v) is 10.4. The zero-order valence-electron chi connectivity index (χ0n) is 2.91. The maximum absolute atomic E-state index is 8.34. The van der Waals surface area contributed by atoms with Gasteiger partial charge in [0.05, 0.1) is 0 Å². The van der Waals surface area contributed by atoms with Crippen LogP contribution in [0.25, 0.3) is 0 Å². The molecule has 0 aromatic rings. The summed E-state index contributed by atoms with van der Waals surface area (Å²) in [6.07, 6.45) is 0. The summed E-state index contributed by atoms with van der Waals surface area (Å²) in [5.74, 6) is 0. The molecule has 0 aromatic heterocycles. The van der Waals surface area contributed by atoms with E-state index in [2.05, 4.69) is 0 Å². The summed E-state index contributed by atoms with van der Waals surface area (Å²) in [4.78, 5) is 0. The van der Waals surface area contributed by atoms with E-state index in [-0.39, 0.29) is 0 Å². The van der Waals surface area contributed by atoms with Crippen LogP contribution in [0.4, 0.5) is 0 Å². The van der Waals surface area contributed by atoms with Crippen molar-refractivity contribution < 1.29 is 3.08 Å². The first-order chi connectivity index (χ1) is 2.00. The van der Waals surface area contributed by atoms with Crippen LogP contribution < -0.4 is 0 Å². The van der Waals surface area contributed by atoms with Gasteiger partial charge in [0.1, 0.15) is 0 Å². The van der Waals surface area contributed by atoms with Crippen LogP contribution in [0, 0.1) is 0 Å². The second-order valence-corrected chi connectivity index (χ2v) is 0. The van der Waals surface area contributed by atoms with Gasteiger partial charge in [-0.2, -0.15) is 0 Å². The average Bonchev–Trinajstić information content (AvgIpc) is 1.50. The largest absolute Gasteiger partial charge is 0.0125 e. The second kappa shape index (κ2) is 34.8. The van der Waals surface area contributed by atoms with Crippen molar-refractivity contribution in [3.8, 4) is 0 Å². The van der Waals surface area contributed by atoms with Gasteiger partial charge >= 0.3 is 25.6 Å². The van der Waals surface area contributed by atoms with Gasteiger partial charge < -0.3 is 0 Å². The van der Waals surface area contributed by atoms with Crippen LogP contribution in [0.1, 0.15) is 0 Å².